The molecule has 1 unspecified atom stereocenters. The van der Waals surface area contributed by atoms with E-state index in [2.05, 4.69) is 5.32 Å². The molecule has 2 fully saturated rings. The lowest BCUT2D eigenvalue weighted by atomic mass is 10.1. The van der Waals surface area contributed by atoms with E-state index in [1.54, 1.807) is 0 Å². The van der Waals surface area contributed by atoms with Crippen LogP contribution in [0.5, 0.6) is 0 Å². The first-order valence-electron chi connectivity index (χ1n) is 8.08. The summed E-state index contributed by atoms with van der Waals surface area (Å²) in [4.78, 5) is 14.7. The molecule has 1 aliphatic heterocycles. The monoisotopic (exact) mass is 322 g/mol. The fourth-order valence-corrected chi connectivity index (χ4v) is 2.87. The average Bonchev–Trinajstić information content (AvgIpc) is 3.37. The zero-order valence-electron chi connectivity index (χ0n) is 12.8. The summed E-state index contributed by atoms with van der Waals surface area (Å²) in [5, 5.41) is 3.98. The largest absolute Gasteiger partial charge is 0.366 e. The predicted molar refractivity (Wildman–Crippen MR) is 87.1 cm³/mol. The average molecular weight is 323 g/mol. The number of hydrogen-bond donors (Lipinski definition) is 1. The number of morpholine rings is 1. The number of ether oxygens (including phenoxy) is 1. The van der Waals surface area contributed by atoms with Crippen LogP contribution in [0.4, 0.5) is 0 Å². The number of halogens is 1. The first kappa shape index (κ1) is 15.8. The molecule has 1 aromatic carbocycles. The quantitative estimate of drug-likeness (QED) is 0.872. The summed E-state index contributed by atoms with van der Waals surface area (Å²) in [5.74, 6) is 0.818. The molecule has 4 nitrogen and oxygen atoms in total. The van der Waals surface area contributed by atoms with Crippen molar-refractivity contribution < 1.29 is 9.53 Å². The third-order valence-electron chi connectivity index (χ3n) is 4.27. The second-order valence-electron chi connectivity index (χ2n) is 6.17. The van der Waals surface area contributed by atoms with Crippen LogP contribution in [-0.4, -0.2) is 49.7 Å². The van der Waals surface area contributed by atoms with Gasteiger partial charge in [-0.1, -0.05) is 23.7 Å². The Bertz CT molecular complexity index is 496. The van der Waals surface area contributed by atoms with Crippen LogP contribution in [0.1, 0.15) is 18.4 Å². The van der Waals surface area contributed by atoms with Crippen molar-refractivity contribution in [2.75, 3.05) is 32.8 Å². The van der Waals surface area contributed by atoms with Gasteiger partial charge in [0.1, 0.15) is 6.10 Å². The van der Waals surface area contributed by atoms with Gasteiger partial charge in [-0.3, -0.25) is 4.79 Å². The maximum Gasteiger partial charge on any atom is 0.253 e. The maximum absolute atomic E-state index is 12.7. The first-order valence-corrected chi connectivity index (χ1v) is 8.46. The summed E-state index contributed by atoms with van der Waals surface area (Å²) in [5.41, 5.74) is 1.21. The first-order chi connectivity index (χ1) is 10.7. The minimum absolute atomic E-state index is 0.132. The molecule has 0 bridgehead atoms. The number of nitrogens with one attached hydrogen (secondary N) is 1. The van der Waals surface area contributed by atoms with Gasteiger partial charge in [-0.05, 0) is 42.9 Å². The van der Waals surface area contributed by atoms with E-state index < -0.39 is 0 Å². The zero-order valence-corrected chi connectivity index (χ0v) is 13.5. The van der Waals surface area contributed by atoms with Crippen molar-refractivity contribution in [3.63, 3.8) is 0 Å². The highest BCUT2D eigenvalue weighted by Gasteiger charge is 2.31. The summed E-state index contributed by atoms with van der Waals surface area (Å²) < 4.78 is 5.62. The van der Waals surface area contributed by atoms with Crippen molar-refractivity contribution >= 4 is 17.5 Å². The molecule has 2 aliphatic rings. The van der Waals surface area contributed by atoms with Gasteiger partial charge >= 0.3 is 0 Å². The minimum Gasteiger partial charge on any atom is -0.366 e. The number of amides is 1. The van der Waals surface area contributed by atoms with Crippen LogP contribution in [-0.2, 0) is 16.0 Å². The predicted octanol–water partition coefficient (Wildman–Crippen LogP) is 2.11. The van der Waals surface area contributed by atoms with Crippen molar-refractivity contribution in [2.24, 2.45) is 5.92 Å². The van der Waals surface area contributed by atoms with Crippen molar-refractivity contribution in [3.8, 4) is 0 Å². The fraction of sp³-hybridized carbons (Fsp3) is 0.588. The lowest BCUT2D eigenvalue weighted by Gasteiger charge is -2.30. The summed E-state index contributed by atoms with van der Waals surface area (Å²) in [6, 6.07) is 7.86. The summed E-state index contributed by atoms with van der Waals surface area (Å²) >= 11 is 5.92. The standard InChI is InChI=1S/C17H23ClN2O2/c18-15-5-3-13(4-6-15)7-9-20(12-14-1-2-14)17(21)16-11-19-8-10-22-16/h3-6,14,16,19H,1-2,7-12H2. The molecule has 0 radical (unpaired) electrons. The SMILES string of the molecule is O=C(C1CNCCO1)N(CCc1ccc(Cl)cc1)CC1CC1. The Hall–Kier alpha value is -1.10. The third kappa shape index (κ3) is 4.45. The molecule has 1 heterocycles. The third-order valence-corrected chi connectivity index (χ3v) is 4.53. The number of hydrogen-bond acceptors (Lipinski definition) is 3. The number of carbonyl (C=O) groups excluding carboxylic acids is 1. The molecular formula is C17H23ClN2O2. The molecule has 0 aromatic heterocycles. The highest BCUT2D eigenvalue weighted by molar-refractivity contribution is 6.30. The smallest absolute Gasteiger partial charge is 0.253 e. The Morgan fingerprint density at radius 1 is 1.32 bits per heavy atom. The van der Waals surface area contributed by atoms with Crippen molar-refractivity contribution in [1.29, 1.82) is 0 Å². The molecule has 1 aromatic rings. The normalized spacial score (nSPS) is 21.6. The molecule has 5 heteroatoms. The van der Waals surface area contributed by atoms with Gasteiger partial charge in [-0.15, -0.1) is 0 Å². The number of nitrogens with zero attached hydrogens (tertiary/aromatic N) is 1. The Morgan fingerprint density at radius 3 is 2.73 bits per heavy atom. The van der Waals surface area contributed by atoms with E-state index in [-0.39, 0.29) is 12.0 Å². The van der Waals surface area contributed by atoms with Crippen LogP contribution < -0.4 is 5.32 Å². The number of carbonyl (C=O) groups is 1. The van der Waals surface area contributed by atoms with Crippen LogP contribution in [0.2, 0.25) is 5.02 Å². The summed E-state index contributed by atoms with van der Waals surface area (Å²) in [6.07, 6.45) is 3.02. The fourth-order valence-electron chi connectivity index (χ4n) is 2.75. The molecule has 1 atom stereocenters. The van der Waals surface area contributed by atoms with Crippen LogP contribution >= 0.6 is 11.6 Å². The Labute approximate surface area is 136 Å². The molecule has 1 aliphatic carbocycles. The van der Waals surface area contributed by atoms with Crippen LogP contribution in [0.25, 0.3) is 0 Å². The molecule has 120 valence electrons. The van der Waals surface area contributed by atoms with E-state index >= 15 is 0 Å². The molecule has 1 saturated carbocycles. The summed E-state index contributed by atoms with van der Waals surface area (Å²) in [7, 11) is 0. The van der Waals surface area contributed by atoms with E-state index in [9.17, 15) is 4.79 Å². The van der Waals surface area contributed by atoms with Crippen LogP contribution in [0.15, 0.2) is 24.3 Å². The Balaban J connectivity index is 1.58. The maximum atomic E-state index is 12.7. The van der Waals surface area contributed by atoms with Crippen molar-refractivity contribution in [3.05, 3.63) is 34.9 Å². The molecule has 3 rings (SSSR count). The number of rotatable bonds is 6. The van der Waals surface area contributed by atoms with Crippen molar-refractivity contribution in [1.82, 2.24) is 10.2 Å². The van der Waals surface area contributed by atoms with E-state index in [0.717, 1.165) is 31.1 Å². The minimum atomic E-state index is -0.322. The van der Waals surface area contributed by atoms with Crippen molar-refractivity contribution in [2.45, 2.75) is 25.4 Å². The lowest BCUT2D eigenvalue weighted by molar-refractivity contribution is -0.145. The Kier molecular flexibility index (Phi) is 5.34. The van der Waals surface area contributed by atoms with E-state index in [1.807, 2.05) is 29.2 Å². The van der Waals surface area contributed by atoms with Gasteiger partial charge < -0.3 is 15.0 Å². The van der Waals surface area contributed by atoms with Gasteiger partial charge in [0.2, 0.25) is 0 Å². The van der Waals surface area contributed by atoms with E-state index in [4.69, 9.17) is 16.3 Å². The summed E-state index contributed by atoms with van der Waals surface area (Å²) in [6.45, 7) is 3.69. The van der Waals surface area contributed by atoms with Gasteiger partial charge in [0.05, 0.1) is 6.61 Å². The molecule has 22 heavy (non-hydrogen) atoms. The zero-order chi connectivity index (χ0) is 15.4. The molecule has 1 amide bonds. The second kappa shape index (κ2) is 7.44. The highest BCUT2D eigenvalue weighted by Crippen LogP contribution is 2.30. The van der Waals surface area contributed by atoms with Gasteiger partial charge in [-0.25, -0.2) is 0 Å². The molecule has 0 spiro atoms. The highest BCUT2D eigenvalue weighted by atomic mass is 35.5. The van der Waals surface area contributed by atoms with Crippen LogP contribution in [0, 0.1) is 5.92 Å². The van der Waals surface area contributed by atoms with Gasteiger partial charge in [0.25, 0.3) is 5.91 Å². The van der Waals surface area contributed by atoms with Gasteiger partial charge in [0, 0.05) is 31.2 Å². The van der Waals surface area contributed by atoms with E-state index in [0.29, 0.717) is 19.1 Å². The lowest BCUT2D eigenvalue weighted by Crippen LogP contribution is -2.50. The van der Waals surface area contributed by atoms with Gasteiger partial charge in [-0.2, -0.15) is 0 Å². The molecular weight excluding hydrogens is 300 g/mol. The number of benzene rings is 1. The Morgan fingerprint density at radius 2 is 2.09 bits per heavy atom. The van der Waals surface area contributed by atoms with Gasteiger partial charge in [0.15, 0.2) is 0 Å². The second-order valence-corrected chi connectivity index (χ2v) is 6.60. The topological polar surface area (TPSA) is 41.6 Å². The molecule has 1 saturated heterocycles. The van der Waals surface area contributed by atoms with Crippen LogP contribution in [0.3, 0.4) is 0 Å². The van der Waals surface area contributed by atoms with E-state index in [1.165, 1.54) is 18.4 Å². The molecule has 1 N–H and O–H groups in total.